The molecule has 0 bridgehead atoms. The third-order valence-corrected chi connectivity index (χ3v) is 3.98. The number of aliphatic hydroxyl groups excluding tert-OH is 1. The van der Waals surface area contributed by atoms with Crippen LogP contribution in [0.1, 0.15) is 17.0 Å². The van der Waals surface area contributed by atoms with Crippen LogP contribution in [0, 0.1) is 18.8 Å². The van der Waals surface area contributed by atoms with Crippen molar-refractivity contribution in [3.8, 4) is 11.8 Å². The van der Waals surface area contributed by atoms with Crippen LogP contribution in [0.4, 0.5) is 0 Å². The summed E-state index contributed by atoms with van der Waals surface area (Å²) in [5.74, 6) is 5.75. The number of sulfonamides is 1. The summed E-state index contributed by atoms with van der Waals surface area (Å²) in [5, 5.41) is 12.4. The molecule has 7 heteroatoms. The number of aliphatic hydroxyl groups is 1. The quantitative estimate of drug-likeness (QED) is 0.815. The summed E-state index contributed by atoms with van der Waals surface area (Å²) in [6.07, 6.45) is 0. The van der Waals surface area contributed by atoms with Crippen molar-refractivity contribution in [2.75, 3.05) is 6.61 Å². The number of nitrogens with zero attached hydrogens (tertiary/aromatic N) is 1. The molecule has 0 aliphatic carbocycles. The van der Waals surface area contributed by atoms with E-state index in [0.717, 1.165) is 0 Å². The predicted molar refractivity (Wildman–Crippen MR) is 75.7 cm³/mol. The van der Waals surface area contributed by atoms with Crippen molar-refractivity contribution < 1.29 is 18.0 Å². The molecule has 0 unspecified atom stereocenters. The van der Waals surface area contributed by atoms with Gasteiger partial charge in [-0.3, -0.25) is 0 Å². The van der Waals surface area contributed by atoms with Gasteiger partial charge in [-0.1, -0.05) is 23.1 Å². The first-order chi connectivity index (χ1) is 10.0. The molecule has 0 atom stereocenters. The van der Waals surface area contributed by atoms with Gasteiger partial charge in [-0.2, -0.15) is 0 Å². The molecule has 2 N–H and O–H groups in total. The first kappa shape index (κ1) is 15.3. The summed E-state index contributed by atoms with van der Waals surface area (Å²) in [6.45, 7) is 1.50. The van der Waals surface area contributed by atoms with Gasteiger partial charge in [0.1, 0.15) is 12.4 Å². The van der Waals surface area contributed by atoms with Crippen molar-refractivity contribution in [2.24, 2.45) is 0 Å². The van der Waals surface area contributed by atoms with Crippen molar-refractivity contribution in [3.63, 3.8) is 0 Å². The van der Waals surface area contributed by atoms with Crippen LogP contribution in [0.3, 0.4) is 0 Å². The molecule has 0 saturated carbocycles. The van der Waals surface area contributed by atoms with Crippen molar-refractivity contribution in [2.45, 2.75) is 18.4 Å². The van der Waals surface area contributed by atoms with Gasteiger partial charge in [-0.25, -0.2) is 13.1 Å². The van der Waals surface area contributed by atoms with E-state index in [2.05, 4.69) is 21.7 Å². The van der Waals surface area contributed by atoms with Crippen LogP contribution >= 0.6 is 0 Å². The number of aromatic nitrogens is 1. The van der Waals surface area contributed by atoms with Gasteiger partial charge in [0.25, 0.3) is 0 Å². The molecule has 21 heavy (non-hydrogen) atoms. The Morgan fingerprint density at radius 3 is 2.86 bits per heavy atom. The second-order valence-corrected chi connectivity index (χ2v) is 6.01. The molecule has 1 aromatic heterocycles. The second kappa shape index (κ2) is 6.54. The summed E-state index contributed by atoms with van der Waals surface area (Å²) >= 11 is 0. The topological polar surface area (TPSA) is 92.4 Å². The standard InChI is InChI=1S/C14H14N2O4S/c1-11-8-13(16-20-11)10-15-21(18,19)14-6-2-4-12(9-14)5-3-7-17/h2,4,6,8-9,15,17H,7,10H2,1H3. The Balaban J connectivity index is 2.15. The normalized spacial score (nSPS) is 11.0. The highest BCUT2D eigenvalue weighted by Gasteiger charge is 2.14. The smallest absolute Gasteiger partial charge is 0.240 e. The zero-order valence-corrected chi connectivity index (χ0v) is 12.1. The van der Waals surface area contributed by atoms with Crippen LogP contribution in [-0.2, 0) is 16.6 Å². The maximum Gasteiger partial charge on any atom is 0.240 e. The van der Waals surface area contributed by atoms with Gasteiger partial charge in [0.05, 0.1) is 17.1 Å². The lowest BCUT2D eigenvalue weighted by Crippen LogP contribution is -2.23. The van der Waals surface area contributed by atoms with Gasteiger partial charge < -0.3 is 9.63 Å². The van der Waals surface area contributed by atoms with Crippen molar-refractivity contribution in [3.05, 3.63) is 47.3 Å². The summed E-state index contributed by atoms with van der Waals surface area (Å²) in [6, 6.07) is 7.84. The highest BCUT2D eigenvalue weighted by molar-refractivity contribution is 7.89. The van der Waals surface area contributed by atoms with E-state index in [0.29, 0.717) is 17.0 Å². The molecule has 0 aliphatic rings. The van der Waals surface area contributed by atoms with Crippen LogP contribution in [0.15, 0.2) is 39.8 Å². The molecule has 2 rings (SSSR count). The van der Waals surface area contributed by atoms with Crippen LogP contribution in [0.2, 0.25) is 0 Å². The number of aryl methyl sites for hydroxylation is 1. The van der Waals surface area contributed by atoms with Crippen LogP contribution < -0.4 is 4.72 Å². The fourth-order valence-corrected chi connectivity index (χ4v) is 2.68. The van der Waals surface area contributed by atoms with E-state index in [4.69, 9.17) is 9.63 Å². The maximum atomic E-state index is 12.2. The van der Waals surface area contributed by atoms with E-state index in [9.17, 15) is 8.42 Å². The van der Waals surface area contributed by atoms with Gasteiger partial charge in [0, 0.05) is 11.6 Å². The van der Waals surface area contributed by atoms with Gasteiger partial charge in [-0.15, -0.1) is 0 Å². The molecular weight excluding hydrogens is 292 g/mol. The number of rotatable bonds is 4. The van der Waals surface area contributed by atoms with E-state index in [-0.39, 0.29) is 18.0 Å². The molecule has 0 radical (unpaired) electrons. The highest BCUT2D eigenvalue weighted by atomic mass is 32.2. The number of nitrogens with one attached hydrogen (secondary N) is 1. The van der Waals surface area contributed by atoms with E-state index in [1.807, 2.05) is 0 Å². The third-order valence-electron chi connectivity index (χ3n) is 2.58. The lowest BCUT2D eigenvalue weighted by atomic mass is 10.2. The largest absolute Gasteiger partial charge is 0.384 e. The monoisotopic (exact) mass is 306 g/mol. The summed E-state index contributed by atoms with van der Waals surface area (Å²) in [5.41, 5.74) is 1.02. The SMILES string of the molecule is Cc1cc(CNS(=O)(=O)c2cccc(C#CCO)c2)no1. The minimum atomic E-state index is -3.66. The molecule has 0 saturated heterocycles. The Bertz CT molecular complexity index is 785. The van der Waals surface area contributed by atoms with Gasteiger partial charge in [0.15, 0.2) is 0 Å². The highest BCUT2D eigenvalue weighted by Crippen LogP contribution is 2.11. The van der Waals surface area contributed by atoms with Crippen molar-refractivity contribution in [1.82, 2.24) is 9.88 Å². The maximum absolute atomic E-state index is 12.2. The molecule has 0 fully saturated rings. The minimum Gasteiger partial charge on any atom is -0.384 e. The van der Waals surface area contributed by atoms with Crippen LogP contribution in [0.5, 0.6) is 0 Å². The van der Waals surface area contributed by atoms with E-state index in [1.54, 1.807) is 25.1 Å². The first-order valence-electron chi connectivity index (χ1n) is 6.13. The number of benzene rings is 1. The van der Waals surface area contributed by atoms with E-state index in [1.165, 1.54) is 12.1 Å². The molecule has 6 nitrogen and oxygen atoms in total. The number of hydrogen-bond donors (Lipinski definition) is 2. The van der Waals surface area contributed by atoms with Gasteiger partial charge in [-0.05, 0) is 25.1 Å². The Morgan fingerprint density at radius 1 is 1.38 bits per heavy atom. The zero-order chi connectivity index (χ0) is 15.3. The zero-order valence-electron chi connectivity index (χ0n) is 11.3. The third kappa shape index (κ3) is 4.16. The van der Waals surface area contributed by atoms with Crippen LogP contribution in [-0.4, -0.2) is 25.3 Å². The van der Waals surface area contributed by atoms with Gasteiger partial charge >= 0.3 is 0 Å². The second-order valence-electron chi connectivity index (χ2n) is 4.24. The first-order valence-corrected chi connectivity index (χ1v) is 7.61. The number of hydrogen-bond acceptors (Lipinski definition) is 5. The Kier molecular flexibility index (Phi) is 4.75. The molecule has 0 spiro atoms. The lowest BCUT2D eigenvalue weighted by Gasteiger charge is -2.05. The molecule has 2 aromatic rings. The minimum absolute atomic E-state index is 0.0478. The Morgan fingerprint density at radius 2 is 2.19 bits per heavy atom. The summed E-state index contributed by atoms with van der Waals surface area (Å²) < 4.78 is 31.7. The molecular formula is C14H14N2O4S. The average molecular weight is 306 g/mol. The molecule has 0 aliphatic heterocycles. The van der Waals surface area contributed by atoms with Crippen molar-refractivity contribution >= 4 is 10.0 Å². The molecule has 1 aromatic carbocycles. The lowest BCUT2D eigenvalue weighted by molar-refractivity contribution is 0.350. The Hall–Kier alpha value is -2.14. The average Bonchev–Trinajstić information content (AvgIpc) is 2.89. The summed E-state index contributed by atoms with van der Waals surface area (Å²) in [7, 11) is -3.66. The fraction of sp³-hybridized carbons (Fsp3) is 0.214. The van der Waals surface area contributed by atoms with E-state index < -0.39 is 10.0 Å². The molecule has 110 valence electrons. The summed E-state index contributed by atoms with van der Waals surface area (Å²) in [4.78, 5) is 0.104. The predicted octanol–water partition coefficient (Wildman–Crippen LogP) is 0.805. The molecule has 1 heterocycles. The Labute approximate surface area is 122 Å². The molecule has 0 amide bonds. The van der Waals surface area contributed by atoms with Crippen LogP contribution in [0.25, 0.3) is 0 Å². The van der Waals surface area contributed by atoms with Crippen molar-refractivity contribution in [1.29, 1.82) is 0 Å². The van der Waals surface area contributed by atoms with Gasteiger partial charge in [0.2, 0.25) is 10.0 Å². The van der Waals surface area contributed by atoms with E-state index >= 15 is 0 Å². The fourth-order valence-electron chi connectivity index (χ4n) is 1.64.